The third-order valence-corrected chi connectivity index (χ3v) is 2.49. The van der Waals surface area contributed by atoms with Crippen LogP contribution in [-0.4, -0.2) is 15.9 Å². The number of nitrogens with zero attached hydrogens (tertiary/aromatic N) is 2. The van der Waals surface area contributed by atoms with E-state index >= 15 is 0 Å². The topological polar surface area (TPSA) is 54.9 Å². The monoisotopic (exact) mass is 221 g/mol. The van der Waals surface area contributed by atoms with E-state index in [0.717, 1.165) is 30.7 Å². The number of carbonyl (C=O) groups excluding carboxylic acids is 1. The third kappa shape index (κ3) is 2.78. The number of nitrogens with one attached hydrogen (secondary N) is 1. The first-order valence-electron chi connectivity index (χ1n) is 5.78. The van der Waals surface area contributed by atoms with Crippen molar-refractivity contribution in [1.29, 1.82) is 0 Å². The fraction of sp³-hybridized carbons (Fsp3) is 0.583. The van der Waals surface area contributed by atoms with E-state index in [9.17, 15) is 4.79 Å². The second-order valence-corrected chi connectivity index (χ2v) is 3.66. The average Bonchev–Trinajstić information content (AvgIpc) is 2.26. The van der Waals surface area contributed by atoms with Crippen LogP contribution in [0.1, 0.15) is 44.6 Å². The standard InChI is InChI=1S/C12H19N3O/c1-5-9-10(6-2)14-12(13-8(4)16)15-11(9)7-3/h5-7H2,1-4H3,(H,13,14,15,16). The van der Waals surface area contributed by atoms with Crippen LogP contribution < -0.4 is 5.32 Å². The second kappa shape index (κ2) is 5.58. The lowest BCUT2D eigenvalue weighted by Gasteiger charge is -2.12. The Morgan fingerprint density at radius 3 is 1.88 bits per heavy atom. The lowest BCUT2D eigenvalue weighted by atomic mass is 10.1. The van der Waals surface area contributed by atoms with Gasteiger partial charge in [0.05, 0.1) is 0 Å². The van der Waals surface area contributed by atoms with Crippen molar-refractivity contribution in [2.45, 2.75) is 47.0 Å². The Morgan fingerprint density at radius 2 is 1.56 bits per heavy atom. The Labute approximate surface area is 96.5 Å². The summed E-state index contributed by atoms with van der Waals surface area (Å²) in [6.07, 6.45) is 2.67. The highest BCUT2D eigenvalue weighted by Gasteiger charge is 2.10. The zero-order valence-electron chi connectivity index (χ0n) is 10.4. The maximum absolute atomic E-state index is 11.0. The molecule has 1 heterocycles. The first-order chi connectivity index (χ1) is 7.62. The van der Waals surface area contributed by atoms with Crippen molar-refractivity contribution in [3.8, 4) is 0 Å². The minimum atomic E-state index is -0.131. The number of hydrogen-bond acceptors (Lipinski definition) is 3. The van der Waals surface area contributed by atoms with Crippen LogP contribution in [0.25, 0.3) is 0 Å². The molecule has 0 fully saturated rings. The predicted octanol–water partition coefficient (Wildman–Crippen LogP) is 2.12. The van der Waals surface area contributed by atoms with Gasteiger partial charge in [0, 0.05) is 18.3 Å². The summed E-state index contributed by atoms with van der Waals surface area (Å²) in [6.45, 7) is 7.71. The zero-order valence-corrected chi connectivity index (χ0v) is 10.4. The molecule has 0 aliphatic rings. The van der Waals surface area contributed by atoms with Gasteiger partial charge in [-0.15, -0.1) is 0 Å². The maximum atomic E-state index is 11.0. The molecule has 0 unspecified atom stereocenters. The molecule has 1 amide bonds. The Kier molecular flexibility index (Phi) is 4.40. The van der Waals surface area contributed by atoms with Crippen molar-refractivity contribution in [2.75, 3.05) is 5.32 Å². The van der Waals surface area contributed by atoms with Crippen LogP contribution >= 0.6 is 0 Å². The molecular formula is C12H19N3O. The summed E-state index contributed by atoms with van der Waals surface area (Å²) in [5.74, 6) is 0.298. The maximum Gasteiger partial charge on any atom is 0.229 e. The summed E-state index contributed by atoms with van der Waals surface area (Å²) in [5, 5.41) is 2.64. The van der Waals surface area contributed by atoms with Crippen molar-refractivity contribution < 1.29 is 4.79 Å². The van der Waals surface area contributed by atoms with Gasteiger partial charge in [0.1, 0.15) is 0 Å². The Morgan fingerprint density at radius 1 is 1.06 bits per heavy atom. The van der Waals surface area contributed by atoms with Gasteiger partial charge in [-0.1, -0.05) is 20.8 Å². The number of aromatic nitrogens is 2. The van der Waals surface area contributed by atoms with Crippen LogP contribution in [0.5, 0.6) is 0 Å². The van der Waals surface area contributed by atoms with Crippen LogP contribution in [0, 0.1) is 0 Å². The minimum absolute atomic E-state index is 0.131. The summed E-state index contributed by atoms with van der Waals surface area (Å²) in [6, 6.07) is 0. The van der Waals surface area contributed by atoms with E-state index in [1.165, 1.54) is 12.5 Å². The summed E-state index contributed by atoms with van der Waals surface area (Å²) in [4.78, 5) is 19.7. The van der Waals surface area contributed by atoms with Gasteiger partial charge in [0.2, 0.25) is 11.9 Å². The molecule has 1 aromatic heterocycles. The van der Waals surface area contributed by atoms with Crippen LogP contribution in [-0.2, 0) is 24.1 Å². The number of anilines is 1. The van der Waals surface area contributed by atoms with E-state index in [1.807, 2.05) is 0 Å². The third-order valence-electron chi connectivity index (χ3n) is 2.49. The van der Waals surface area contributed by atoms with E-state index in [1.54, 1.807) is 0 Å². The van der Waals surface area contributed by atoms with Gasteiger partial charge in [0.25, 0.3) is 0 Å². The molecule has 0 aromatic carbocycles. The van der Waals surface area contributed by atoms with Crippen LogP contribution in [0.4, 0.5) is 5.95 Å². The van der Waals surface area contributed by atoms with Gasteiger partial charge >= 0.3 is 0 Å². The quantitative estimate of drug-likeness (QED) is 0.847. The number of hydrogen-bond donors (Lipinski definition) is 1. The van der Waals surface area contributed by atoms with Gasteiger partial charge in [-0.3, -0.25) is 10.1 Å². The number of rotatable bonds is 4. The second-order valence-electron chi connectivity index (χ2n) is 3.66. The van der Waals surface area contributed by atoms with Crippen molar-refractivity contribution in [3.05, 3.63) is 17.0 Å². The van der Waals surface area contributed by atoms with Crippen molar-refractivity contribution in [3.63, 3.8) is 0 Å². The zero-order chi connectivity index (χ0) is 12.1. The highest BCUT2D eigenvalue weighted by atomic mass is 16.1. The molecule has 0 aliphatic carbocycles. The van der Waals surface area contributed by atoms with Crippen molar-refractivity contribution in [1.82, 2.24) is 9.97 Å². The van der Waals surface area contributed by atoms with Crippen LogP contribution in [0.3, 0.4) is 0 Å². The summed E-state index contributed by atoms with van der Waals surface area (Å²) >= 11 is 0. The van der Waals surface area contributed by atoms with Crippen LogP contribution in [0.15, 0.2) is 0 Å². The molecule has 0 saturated carbocycles. The Hall–Kier alpha value is -1.45. The fourth-order valence-electron chi connectivity index (χ4n) is 1.79. The van der Waals surface area contributed by atoms with E-state index in [0.29, 0.717) is 5.95 Å². The molecule has 0 spiro atoms. The molecule has 16 heavy (non-hydrogen) atoms. The molecule has 88 valence electrons. The van der Waals surface area contributed by atoms with Crippen molar-refractivity contribution >= 4 is 11.9 Å². The minimum Gasteiger partial charge on any atom is -0.295 e. The molecular weight excluding hydrogens is 202 g/mol. The summed E-state index contributed by atoms with van der Waals surface area (Å²) < 4.78 is 0. The van der Waals surface area contributed by atoms with Gasteiger partial charge in [-0.2, -0.15) is 0 Å². The number of aryl methyl sites for hydroxylation is 2. The molecule has 0 aliphatic heterocycles. The Balaban J connectivity index is 3.20. The van der Waals surface area contributed by atoms with E-state index in [4.69, 9.17) is 0 Å². The lowest BCUT2D eigenvalue weighted by Crippen LogP contribution is -2.13. The molecule has 0 radical (unpaired) electrons. The predicted molar refractivity (Wildman–Crippen MR) is 64.5 cm³/mol. The highest BCUT2D eigenvalue weighted by molar-refractivity contribution is 5.86. The highest BCUT2D eigenvalue weighted by Crippen LogP contribution is 2.16. The van der Waals surface area contributed by atoms with E-state index in [2.05, 4.69) is 36.1 Å². The molecule has 1 N–H and O–H groups in total. The average molecular weight is 221 g/mol. The Bertz CT molecular complexity index is 363. The largest absolute Gasteiger partial charge is 0.295 e. The number of amides is 1. The molecule has 0 bridgehead atoms. The molecule has 4 heteroatoms. The molecule has 1 aromatic rings. The smallest absolute Gasteiger partial charge is 0.229 e. The molecule has 4 nitrogen and oxygen atoms in total. The van der Waals surface area contributed by atoms with Gasteiger partial charge in [0.15, 0.2) is 0 Å². The summed E-state index contributed by atoms with van der Waals surface area (Å²) in [5.41, 5.74) is 3.30. The molecule has 0 atom stereocenters. The van der Waals surface area contributed by atoms with E-state index in [-0.39, 0.29) is 5.91 Å². The van der Waals surface area contributed by atoms with Gasteiger partial charge in [-0.05, 0) is 24.8 Å². The SMILES string of the molecule is CCc1nc(NC(C)=O)nc(CC)c1CC. The molecule has 1 rings (SSSR count). The van der Waals surface area contributed by atoms with Gasteiger partial charge < -0.3 is 0 Å². The fourth-order valence-corrected chi connectivity index (χ4v) is 1.79. The first kappa shape index (κ1) is 12.6. The number of carbonyl (C=O) groups is 1. The summed E-state index contributed by atoms with van der Waals surface area (Å²) in [7, 11) is 0. The van der Waals surface area contributed by atoms with Crippen molar-refractivity contribution in [2.24, 2.45) is 0 Å². The first-order valence-corrected chi connectivity index (χ1v) is 5.78. The molecule has 0 saturated heterocycles. The van der Waals surface area contributed by atoms with E-state index < -0.39 is 0 Å². The van der Waals surface area contributed by atoms with Crippen LogP contribution in [0.2, 0.25) is 0 Å². The van der Waals surface area contributed by atoms with Gasteiger partial charge in [-0.25, -0.2) is 9.97 Å². The normalized spacial score (nSPS) is 10.2. The lowest BCUT2D eigenvalue weighted by molar-refractivity contribution is -0.114.